The predicted molar refractivity (Wildman–Crippen MR) is 110 cm³/mol. The van der Waals surface area contributed by atoms with Crippen molar-refractivity contribution in [3.63, 3.8) is 0 Å². The number of hydrogen-bond donors (Lipinski definition) is 2. The third-order valence-corrected chi connectivity index (χ3v) is 4.53. The van der Waals surface area contributed by atoms with Gasteiger partial charge in [0.15, 0.2) is 0 Å². The molecule has 0 unspecified atom stereocenters. The number of rotatable bonds is 4. The van der Waals surface area contributed by atoms with E-state index >= 15 is 0 Å². The molecule has 0 atom stereocenters. The van der Waals surface area contributed by atoms with Crippen LogP contribution in [0.5, 0.6) is 0 Å². The first-order valence-corrected chi connectivity index (χ1v) is 9.03. The Morgan fingerprint density at radius 2 is 1.83 bits per heavy atom. The van der Waals surface area contributed by atoms with Crippen LogP contribution < -0.4 is 5.56 Å². The van der Waals surface area contributed by atoms with Gasteiger partial charge in [-0.1, -0.05) is 48.4 Å². The van der Waals surface area contributed by atoms with Gasteiger partial charge in [0.25, 0.3) is 5.56 Å². The number of benzene rings is 2. The molecule has 6 nitrogen and oxygen atoms in total. The lowest BCUT2D eigenvalue weighted by atomic mass is 10.1. The van der Waals surface area contributed by atoms with E-state index in [1.54, 1.807) is 18.2 Å². The molecule has 2 aromatic carbocycles. The largest absolute Gasteiger partial charge is 0.478 e. The van der Waals surface area contributed by atoms with Gasteiger partial charge in [0.2, 0.25) is 0 Å². The molecular formula is C23H17N3O3. The second kappa shape index (κ2) is 7.87. The highest BCUT2D eigenvalue weighted by Crippen LogP contribution is 2.10. The maximum absolute atomic E-state index is 12.8. The summed E-state index contributed by atoms with van der Waals surface area (Å²) in [5.41, 5.74) is 3.12. The molecule has 142 valence electrons. The van der Waals surface area contributed by atoms with Crippen molar-refractivity contribution in [1.82, 2.24) is 14.5 Å². The summed E-state index contributed by atoms with van der Waals surface area (Å²) in [6.45, 7) is 0.307. The highest BCUT2D eigenvalue weighted by Gasteiger charge is 2.08. The van der Waals surface area contributed by atoms with Crippen LogP contribution in [-0.2, 0) is 13.0 Å². The molecule has 0 aliphatic rings. The Labute approximate surface area is 166 Å². The molecule has 0 fully saturated rings. The van der Waals surface area contributed by atoms with Gasteiger partial charge in [-0.2, -0.15) is 0 Å². The summed E-state index contributed by atoms with van der Waals surface area (Å²) in [6.07, 6.45) is 2.10. The van der Waals surface area contributed by atoms with E-state index in [1.807, 2.05) is 30.3 Å². The minimum absolute atomic E-state index is 0.176. The fourth-order valence-corrected chi connectivity index (χ4v) is 3.01. The molecule has 0 aliphatic carbocycles. The van der Waals surface area contributed by atoms with Crippen LogP contribution in [0.3, 0.4) is 0 Å². The Bertz CT molecular complexity index is 1290. The SMILES string of the molecule is O=C(O)c1ccc(Cn2cnc3[nH]c(C#CCc4ccccc4)cc3c2=O)cc1. The zero-order valence-corrected chi connectivity index (χ0v) is 15.4. The highest BCUT2D eigenvalue weighted by atomic mass is 16.4. The van der Waals surface area contributed by atoms with Crippen molar-refractivity contribution < 1.29 is 9.90 Å². The summed E-state index contributed by atoms with van der Waals surface area (Å²) in [6, 6.07) is 18.1. The number of aromatic nitrogens is 3. The molecule has 0 aliphatic heterocycles. The highest BCUT2D eigenvalue weighted by molar-refractivity contribution is 5.87. The van der Waals surface area contributed by atoms with E-state index < -0.39 is 5.97 Å². The van der Waals surface area contributed by atoms with Crippen LogP contribution in [0.4, 0.5) is 0 Å². The Hall–Kier alpha value is -4.11. The number of hydrogen-bond acceptors (Lipinski definition) is 3. The molecule has 2 heterocycles. The predicted octanol–water partition coefficient (Wildman–Crippen LogP) is 3.07. The van der Waals surface area contributed by atoms with Crippen LogP contribution in [0.2, 0.25) is 0 Å². The zero-order chi connectivity index (χ0) is 20.2. The van der Waals surface area contributed by atoms with Crippen LogP contribution in [0.15, 0.2) is 71.8 Å². The standard InChI is InChI=1S/C23H17N3O3/c27-22-20-13-19(8-4-7-16-5-2-1-3-6-16)25-21(20)24-15-26(22)14-17-9-11-18(12-10-17)23(28)29/h1-3,5-6,9-13,15,25H,7,14H2,(H,28,29). The molecule has 0 radical (unpaired) electrons. The molecule has 29 heavy (non-hydrogen) atoms. The molecule has 0 amide bonds. The number of aromatic amines is 1. The molecule has 2 N–H and O–H groups in total. The van der Waals surface area contributed by atoms with Crippen molar-refractivity contribution in [1.29, 1.82) is 0 Å². The Balaban J connectivity index is 1.56. The minimum Gasteiger partial charge on any atom is -0.478 e. The first kappa shape index (κ1) is 18.3. The quantitative estimate of drug-likeness (QED) is 0.530. The van der Waals surface area contributed by atoms with Crippen molar-refractivity contribution in [3.8, 4) is 11.8 Å². The average molecular weight is 383 g/mol. The number of nitrogens with one attached hydrogen (secondary N) is 1. The van der Waals surface area contributed by atoms with Gasteiger partial charge < -0.3 is 10.1 Å². The lowest BCUT2D eigenvalue weighted by Crippen LogP contribution is -2.20. The maximum atomic E-state index is 12.8. The van der Waals surface area contributed by atoms with Crippen molar-refractivity contribution in [2.75, 3.05) is 0 Å². The molecule has 2 aromatic heterocycles. The number of carboxylic acid groups (broad SMARTS) is 1. The third-order valence-electron chi connectivity index (χ3n) is 4.53. The maximum Gasteiger partial charge on any atom is 0.335 e. The van der Waals surface area contributed by atoms with E-state index in [4.69, 9.17) is 5.11 Å². The van der Waals surface area contributed by atoms with Crippen molar-refractivity contribution in [3.05, 3.63) is 99.7 Å². The molecular weight excluding hydrogens is 366 g/mol. The summed E-state index contributed by atoms with van der Waals surface area (Å²) in [5, 5.41) is 9.45. The van der Waals surface area contributed by atoms with E-state index in [0.29, 0.717) is 29.7 Å². The minimum atomic E-state index is -0.981. The number of aromatic carboxylic acids is 1. The average Bonchev–Trinajstić information content (AvgIpc) is 3.15. The van der Waals surface area contributed by atoms with E-state index in [1.165, 1.54) is 23.0 Å². The van der Waals surface area contributed by atoms with Gasteiger partial charge in [0.05, 0.1) is 23.2 Å². The summed E-state index contributed by atoms with van der Waals surface area (Å²) < 4.78 is 1.49. The Morgan fingerprint density at radius 1 is 1.07 bits per heavy atom. The lowest BCUT2D eigenvalue weighted by molar-refractivity contribution is 0.0697. The van der Waals surface area contributed by atoms with Crippen molar-refractivity contribution in [2.45, 2.75) is 13.0 Å². The molecule has 4 rings (SSSR count). The second-order valence-electron chi connectivity index (χ2n) is 6.59. The van der Waals surface area contributed by atoms with Crippen LogP contribution in [0, 0.1) is 11.8 Å². The molecule has 0 bridgehead atoms. The van der Waals surface area contributed by atoms with Crippen molar-refractivity contribution in [2.24, 2.45) is 0 Å². The number of fused-ring (bicyclic) bond motifs is 1. The molecule has 4 aromatic rings. The summed E-state index contributed by atoms with van der Waals surface area (Å²) in [4.78, 5) is 31.1. The van der Waals surface area contributed by atoms with Crippen LogP contribution >= 0.6 is 0 Å². The molecule has 6 heteroatoms. The smallest absolute Gasteiger partial charge is 0.335 e. The fraction of sp³-hybridized carbons (Fsp3) is 0.0870. The first-order chi connectivity index (χ1) is 14.1. The van der Waals surface area contributed by atoms with Gasteiger partial charge in [0, 0.05) is 6.42 Å². The van der Waals surface area contributed by atoms with Crippen LogP contribution in [0.1, 0.15) is 27.2 Å². The second-order valence-corrected chi connectivity index (χ2v) is 6.59. The Kier molecular flexibility index (Phi) is 4.95. The summed E-state index contributed by atoms with van der Waals surface area (Å²) >= 11 is 0. The third kappa shape index (κ3) is 4.09. The van der Waals surface area contributed by atoms with Gasteiger partial charge in [-0.15, -0.1) is 0 Å². The van der Waals surface area contributed by atoms with Gasteiger partial charge in [0.1, 0.15) is 12.0 Å². The van der Waals surface area contributed by atoms with Crippen LogP contribution in [-0.4, -0.2) is 25.6 Å². The normalized spacial score (nSPS) is 10.5. The molecule has 0 saturated heterocycles. The van der Waals surface area contributed by atoms with Crippen LogP contribution in [0.25, 0.3) is 11.0 Å². The topological polar surface area (TPSA) is 88.0 Å². The van der Waals surface area contributed by atoms with Gasteiger partial charge in [-0.3, -0.25) is 9.36 Å². The number of H-pyrrole nitrogens is 1. The molecule has 0 saturated carbocycles. The number of nitrogens with zero attached hydrogens (tertiary/aromatic N) is 2. The number of carboxylic acids is 1. The first-order valence-electron chi connectivity index (χ1n) is 9.03. The monoisotopic (exact) mass is 383 g/mol. The van der Waals surface area contributed by atoms with E-state index in [2.05, 4.69) is 21.8 Å². The van der Waals surface area contributed by atoms with E-state index in [9.17, 15) is 9.59 Å². The van der Waals surface area contributed by atoms with Gasteiger partial charge in [-0.25, -0.2) is 9.78 Å². The summed E-state index contributed by atoms with van der Waals surface area (Å²) in [7, 11) is 0. The molecule has 0 spiro atoms. The Morgan fingerprint density at radius 3 is 2.55 bits per heavy atom. The van der Waals surface area contributed by atoms with E-state index in [0.717, 1.165) is 11.1 Å². The van der Waals surface area contributed by atoms with Gasteiger partial charge >= 0.3 is 5.97 Å². The number of carbonyl (C=O) groups is 1. The van der Waals surface area contributed by atoms with Gasteiger partial charge in [-0.05, 0) is 35.2 Å². The summed E-state index contributed by atoms with van der Waals surface area (Å²) in [5.74, 6) is 5.17. The van der Waals surface area contributed by atoms with Crippen molar-refractivity contribution >= 4 is 17.0 Å². The van der Waals surface area contributed by atoms with E-state index in [-0.39, 0.29) is 11.1 Å². The fourth-order valence-electron chi connectivity index (χ4n) is 3.01. The zero-order valence-electron chi connectivity index (χ0n) is 15.4. The lowest BCUT2D eigenvalue weighted by Gasteiger charge is -2.05.